The fraction of sp³-hybridized carbons (Fsp3) is 0. The zero-order valence-corrected chi connectivity index (χ0v) is 11.1. The van der Waals surface area contributed by atoms with Crippen LogP contribution in [0.4, 0.5) is 10.2 Å². The van der Waals surface area contributed by atoms with E-state index in [1.165, 1.54) is 12.1 Å². The summed E-state index contributed by atoms with van der Waals surface area (Å²) < 4.78 is 14.1. The van der Waals surface area contributed by atoms with Gasteiger partial charge < -0.3 is 5.73 Å². The molecule has 1 heterocycles. The molecule has 0 aliphatic rings. The Morgan fingerprint density at radius 1 is 1.19 bits per heavy atom. The molecule has 2 aromatic rings. The molecule has 6 heteroatoms. The van der Waals surface area contributed by atoms with Crippen molar-refractivity contribution in [2.24, 2.45) is 0 Å². The summed E-state index contributed by atoms with van der Waals surface area (Å²) in [4.78, 5) is 8.21. The molecule has 0 atom stereocenters. The number of benzene rings is 1. The third kappa shape index (κ3) is 2.22. The van der Waals surface area contributed by atoms with E-state index >= 15 is 0 Å². The monoisotopic (exact) mass is 345 g/mol. The first kappa shape index (κ1) is 11.5. The van der Waals surface area contributed by atoms with E-state index in [1.54, 1.807) is 12.3 Å². The number of nitrogens with zero attached hydrogens (tertiary/aromatic N) is 2. The van der Waals surface area contributed by atoms with Gasteiger partial charge in [0.2, 0.25) is 0 Å². The second kappa shape index (κ2) is 4.47. The van der Waals surface area contributed by atoms with Crippen LogP contribution in [-0.2, 0) is 0 Å². The molecule has 2 rings (SSSR count). The van der Waals surface area contributed by atoms with Gasteiger partial charge in [-0.1, -0.05) is 0 Å². The molecular weight excluding hydrogens is 341 g/mol. The molecule has 1 aromatic carbocycles. The number of nitrogens with two attached hydrogens (primary N) is 1. The summed E-state index contributed by atoms with van der Waals surface area (Å²) in [6.07, 6.45) is 1.56. The van der Waals surface area contributed by atoms with Gasteiger partial charge in [-0.05, 0) is 50.1 Å². The summed E-state index contributed by atoms with van der Waals surface area (Å²) in [5, 5.41) is 0. The van der Waals surface area contributed by atoms with Crippen molar-refractivity contribution >= 4 is 37.7 Å². The predicted octanol–water partition coefficient (Wildman–Crippen LogP) is 3.39. The van der Waals surface area contributed by atoms with Crippen molar-refractivity contribution in [3.63, 3.8) is 0 Å². The first-order valence-corrected chi connectivity index (χ1v) is 5.90. The van der Waals surface area contributed by atoms with Crippen LogP contribution in [0.3, 0.4) is 0 Å². The molecule has 16 heavy (non-hydrogen) atoms. The van der Waals surface area contributed by atoms with E-state index in [2.05, 4.69) is 41.8 Å². The van der Waals surface area contributed by atoms with Gasteiger partial charge in [0.25, 0.3) is 0 Å². The van der Waals surface area contributed by atoms with Crippen molar-refractivity contribution in [1.82, 2.24) is 9.97 Å². The average molecular weight is 347 g/mol. The zero-order chi connectivity index (χ0) is 11.7. The number of halogens is 3. The molecule has 0 aliphatic carbocycles. The molecule has 2 N–H and O–H groups in total. The van der Waals surface area contributed by atoms with E-state index < -0.39 is 0 Å². The molecule has 0 spiro atoms. The third-order valence-electron chi connectivity index (χ3n) is 1.94. The molecule has 0 saturated carbocycles. The highest BCUT2D eigenvalue weighted by atomic mass is 79.9. The van der Waals surface area contributed by atoms with Crippen molar-refractivity contribution in [1.29, 1.82) is 0 Å². The lowest BCUT2D eigenvalue weighted by Gasteiger charge is -2.04. The summed E-state index contributed by atoms with van der Waals surface area (Å²) in [6, 6.07) is 4.31. The number of hydrogen-bond acceptors (Lipinski definition) is 3. The number of rotatable bonds is 1. The largest absolute Gasteiger partial charge is 0.383 e. The highest BCUT2D eigenvalue weighted by Gasteiger charge is 2.08. The zero-order valence-electron chi connectivity index (χ0n) is 7.92. The van der Waals surface area contributed by atoms with Crippen LogP contribution in [0.25, 0.3) is 11.4 Å². The first-order valence-electron chi connectivity index (χ1n) is 4.31. The fourth-order valence-corrected chi connectivity index (χ4v) is 1.90. The molecular formula is C10H6Br2FN3. The van der Waals surface area contributed by atoms with Crippen LogP contribution in [0.1, 0.15) is 0 Å². The van der Waals surface area contributed by atoms with Gasteiger partial charge in [0.1, 0.15) is 11.6 Å². The number of aromatic nitrogens is 2. The summed E-state index contributed by atoms with van der Waals surface area (Å²) >= 11 is 6.46. The van der Waals surface area contributed by atoms with E-state index in [1.807, 2.05) is 0 Å². The normalized spacial score (nSPS) is 10.4. The lowest BCUT2D eigenvalue weighted by molar-refractivity contribution is 0.627. The van der Waals surface area contributed by atoms with Crippen LogP contribution in [0, 0.1) is 5.82 Å². The Labute approximate surface area is 108 Å². The maximum atomic E-state index is 12.9. The second-order valence-electron chi connectivity index (χ2n) is 3.05. The van der Waals surface area contributed by atoms with Crippen molar-refractivity contribution in [3.05, 3.63) is 39.2 Å². The number of nitrogen functional groups attached to an aromatic ring is 1. The molecule has 0 fully saturated rings. The van der Waals surface area contributed by atoms with E-state index in [0.29, 0.717) is 26.2 Å². The Kier molecular flexibility index (Phi) is 3.20. The Morgan fingerprint density at radius 3 is 2.56 bits per heavy atom. The molecule has 0 aliphatic heterocycles. The maximum absolute atomic E-state index is 12.9. The SMILES string of the molecule is Nc1nc(-c2ccc(F)cc2Br)ncc1Br. The van der Waals surface area contributed by atoms with Gasteiger partial charge in [-0.2, -0.15) is 0 Å². The van der Waals surface area contributed by atoms with Crippen LogP contribution in [0.15, 0.2) is 33.3 Å². The fourth-order valence-electron chi connectivity index (χ4n) is 1.18. The van der Waals surface area contributed by atoms with Gasteiger partial charge in [0, 0.05) is 16.2 Å². The quantitative estimate of drug-likeness (QED) is 0.861. The molecule has 0 saturated heterocycles. The van der Waals surface area contributed by atoms with Crippen LogP contribution < -0.4 is 5.73 Å². The Bertz CT molecular complexity index is 546. The Hall–Kier alpha value is -1.01. The van der Waals surface area contributed by atoms with Crippen molar-refractivity contribution < 1.29 is 4.39 Å². The van der Waals surface area contributed by atoms with Gasteiger partial charge >= 0.3 is 0 Å². The van der Waals surface area contributed by atoms with Crippen LogP contribution >= 0.6 is 31.9 Å². The Morgan fingerprint density at radius 2 is 1.94 bits per heavy atom. The molecule has 0 amide bonds. The number of hydrogen-bond donors (Lipinski definition) is 1. The molecule has 82 valence electrons. The third-order valence-corrected chi connectivity index (χ3v) is 3.21. The van der Waals surface area contributed by atoms with Gasteiger partial charge in [-0.15, -0.1) is 0 Å². The highest BCUT2D eigenvalue weighted by Crippen LogP contribution is 2.28. The van der Waals surface area contributed by atoms with Crippen molar-refractivity contribution in [2.45, 2.75) is 0 Å². The van der Waals surface area contributed by atoms with Crippen molar-refractivity contribution in [2.75, 3.05) is 5.73 Å². The highest BCUT2D eigenvalue weighted by molar-refractivity contribution is 9.11. The lowest BCUT2D eigenvalue weighted by Crippen LogP contribution is -1.97. The topological polar surface area (TPSA) is 51.8 Å². The molecule has 0 bridgehead atoms. The lowest BCUT2D eigenvalue weighted by atomic mass is 10.2. The van der Waals surface area contributed by atoms with Crippen LogP contribution in [0.5, 0.6) is 0 Å². The van der Waals surface area contributed by atoms with E-state index in [-0.39, 0.29) is 5.82 Å². The van der Waals surface area contributed by atoms with Crippen LogP contribution in [0.2, 0.25) is 0 Å². The summed E-state index contributed by atoms with van der Waals surface area (Å²) in [6.45, 7) is 0. The van der Waals surface area contributed by atoms with E-state index in [0.717, 1.165) is 0 Å². The summed E-state index contributed by atoms with van der Waals surface area (Å²) in [7, 11) is 0. The standard InChI is InChI=1S/C10H6Br2FN3/c11-7-3-5(13)1-2-6(7)10-15-4-8(12)9(14)16-10/h1-4H,(H2,14,15,16). The molecule has 0 unspecified atom stereocenters. The smallest absolute Gasteiger partial charge is 0.162 e. The Balaban J connectivity index is 2.54. The van der Waals surface area contributed by atoms with E-state index in [9.17, 15) is 4.39 Å². The summed E-state index contributed by atoms with van der Waals surface area (Å²) in [5.74, 6) is 0.481. The minimum Gasteiger partial charge on any atom is -0.383 e. The summed E-state index contributed by atoms with van der Waals surface area (Å²) in [5.41, 5.74) is 6.35. The molecule has 3 nitrogen and oxygen atoms in total. The van der Waals surface area contributed by atoms with E-state index in [4.69, 9.17) is 5.73 Å². The van der Waals surface area contributed by atoms with Crippen molar-refractivity contribution in [3.8, 4) is 11.4 Å². The van der Waals surface area contributed by atoms with Gasteiger partial charge in [0.05, 0.1) is 4.47 Å². The molecule has 0 radical (unpaired) electrons. The minimum atomic E-state index is -0.319. The number of anilines is 1. The van der Waals surface area contributed by atoms with Gasteiger partial charge in [0.15, 0.2) is 5.82 Å². The van der Waals surface area contributed by atoms with Gasteiger partial charge in [-0.25, -0.2) is 14.4 Å². The predicted molar refractivity (Wildman–Crippen MR) is 67.2 cm³/mol. The average Bonchev–Trinajstić information content (AvgIpc) is 2.22. The molecule has 1 aromatic heterocycles. The minimum absolute atomic E-state index is 0.319. The second-order valence-corrected chi connectivity index (χ2v) is 4.76. The maximum Gasteiger partial charge on any atom is 0.162 e. The first-order chi connectivity index (χ1) is 7.58. The van der Waals surface area contributed by atoms with Crippen LogP contribution in [-0.4, -0.2) is 9.97 Å². The van der Waals surface area contributed by atoms with Gasteiger partial charge in [-0.3, -0.25) is 0 Å².